The fourth-order valence-electron chi connectivity index (χ4n) is 1.51. The molecule has 0 aliphatic carbocycles. The Balaban J connectivity index is 2.92. The summed E-state index contributed by atoms with van der Waals surface area (Å²) in [7, 11) is 1.92. The van der Waals surface area contributed by atoms with Crippen molar-refractivity contribution in [1.82, 2.24) is 4.57 Å². The number of aromatic nitrogens is 1. The highest BCUT2D eigenvalue weighted by Crippen LogP contribution is 2.20. The first kappa shape index (κ1) is 7.35. The maximum absolute atomic E-state index is 12.9. The Morgan fingerprint density at radius 2 is 2.08 bits per heavy atom. The van der Waals surface area contributed by atoms with Gasteiger partial charge in [0.15, 0.2) is 0 Å². The summed E-state index contributed by atoms with van der Waals surface area (Å²) in [6, 6.07) is 5.12. The van der Waals surface area contributed by atoms with E-state index in [0.717, 1.165) is 16.5 Å². The minimum atomic E-state index is -0.165. The molecule has 0 unspecified atom stereocenters. The van der Waals surface area contributed by atoms with Crippen molar-refractivity contribution in [3.05, 3.63) is 35.8 Å². The summed E-state index contributed by atoms with van der Waals surface area (Å²) in [6.07, 6.45) is 1.94. The highest BCUT2D eigenvalue weighted by atomic mass is 19.1. The van der Waals surface area contributed by atoms with E-state index in [1.165, 1.54) is 0 Å². The normalized spacial score (nSPS) is 10.9. The zero-order valence-electron chi connectivity index (χ0n) is 7.13. The van der Waals surface area contributed by atoms with Crippen molar-refractivity contribution in [3.63, 3.8) is 0 Å². The fourth-order valence-corrected chi connectivity index (χ4v) is 1.51. The van der Waals surface area contributed by atoms with Crippen molar-refractivity contribution >= 4 is 10.9 Å². The summed E-state index contributed by atoms with van der Waals surface area (Å²) >= 11 is 0. The largest absolute Gasteiger partial charge is 0.350 e. The van der Waals surface area contributed by atoms with E-state index in [0.29, 0.717) is 0 Å². The maximum Gasteiger partial charge on any atom is 0.125 e. The molecule has 0 saturated carbocycles. The Bertz CT molecular complexity index is 429. The Morgan fingerprint density at radius 1 is 1.33 bits per heavy atom. The van der Waals surface area contributed by atoms with E-state index in [1.54, 1.807) is 12.1 Å². The van der Waals surface area contributed by atoms with Crippen LogP contribution in [0.15, 0.2) is 24.4 Å². The Labute approximate surface area is 70.4 Å². The summed E-state index contributed by atoms with van der Waals surface area (Å²) in [4.78, 5) is 0. The summed E-state index contributed by atoms with van der Waals surface area (Å²) in [6.45, 7) is 1.92. The Morgan fingerprint density at radius 3 is 2.83 bits per heavy atom. The molecule has 0 spiro atoms. The summed E-state index contributed by atoms with van der Waals surface area (Å²) in [5.74, 6) is -0.165. The SMILES string of the molecule is Cc1cc(F)cc2c1ccn2C. The van der Waals surface area contributed by atoms with Gasteiger partial charge in [0, 0.05) is 18.6 Å². The van der Waals surface area contributed by atoms with Gasteiger partial charge in [0.2, 0.25) is 0 Å². The van der Waals surface area contributed by atoms with Crippen LogP contribution in [-0.4, -0.2) is 4.57 Å². The van der Waals surface area contributed by atoms with Crippen LogP contribution in [0.2, 0.25) is 0 Å². The van der Waals surface area contributed by atoms with Crippen molar-refractivity contribution in [3.8, 4) is 0 Å². The molecule has 0 aliphatic rings. The smallest absolute Gasteiger partial charge is 0.125 e. The molecule has 1 nitrogen and oxygen atoms in total. The average molecular weight is 163 g/mol. The molecule has 0 atom stereocenters. The van der Waals surface area contributed by atoms with Crippen LogP contribution < -0.4 is 0 Å². The van der Waals surface area contributed by atoms with E-state index in [4.69, 9.17) is 0 Å². The van der Waals surface area contributed by atoms with Crippen molar-refractivity contribution in [2.45, 2.75) is 6.92 Å². The van der Waals surface area contributed by atoms with Crippen LogP contribution in [0.25, 0.3) is 10.9 Å². The average Bonchev–Trinajstić information content (AvgIpc) is 2.33. The van der Waals surface area contributed by atoms with Crippen LogP contribution in [0.1, 0.15) is 5.56 Å². The minimum absolute atomic E-state index is 0.165. The molecule has 62 valence electrons. The Kier molecular flexibility index (Phi) is 1.43. The van der Waals surface area contributed by atoms with E-state index in [9.17, 15) is 4.39 Å². The van der Waals surface area contributed by atoms with E-state index < -0.39 is 0 Å². The Hall–Kier alpha value is -1.31. The predicted molar refractivity (Wildman–Crippen MR) is 47.6 cm³/mol. The van der Waals surface area contributed by atoms with Crippen LogP contribution in [0.4, 0.5) is 4.39 Å². The molecule has 0 N–H and O–H groups in total. The maximum atomic E-state index is 12.9. The third-order valence-corrected chi connectivity index (χ3v) is 2.17. The molecule has 0 fully saturated rings. The van der Waals surface area contributed by atoms with Crippen molar-refractivity contribution in [2.75, 3.05) is 0 Å². The van der Waals surface area contributed by atoms with Gasteiger partial charge in [0.05, 0.1) is 5.52 Å². The van der Waals surface area contributed by atoms with E-state index >= 15 is 0 Å². The number of hydrogen-bond donors (Lipinski definition) is 0. The molecule has 1 heterocycles. The van der Waals surface area contributed by atoms with Gasteiger partial charge in [-0.2, -0.15) is 0 Å². The van der Waals surface area contributed by atoms with Gasteiger partial charge in [-0.05, 0) is 30.7 Å². The van der Waals surface area contributed by atoms with Crippen LogP contribution in [0.3, 0.4) is 0 Å². The second-order valence-corrected chi connectivity index (χ2v) is 3.08. The first-order chi connectivity index (χ1) is 5.68. The molecule has 0 aliphatic heterocycles. The third-order valence-electron chi connectivity index (χ3n) is 2.17. The first-order valence-corrected chi connectivity index (χ1v) is 3.89. The lowest BCUT2D eigenvalue weighted by molar-refractivity contribution is 0.628. The first-order valence-electron chi connectivity index (χ1n) is 3.89. The predicted octanol–water partition coefficient (Wildman–Crippen LogP) is 2.63. The van der Waals surface area contributed by atoms with Gasteiger partial charge in [-0.1, -0.05) is 0 Å². The summed E-state index contributed by atoms with van der Waals surface area (Å²) in [5, 5.41) is 1.12. The standard InChI is InChI=1S/C10H10FN/c1-7-5-8(11)6-10-9(7)3-4-12(10)2/h3-6H,1-2H3. The zero-order valence-corrected chi connectivity index (χ0v) is 7.13. The van der Waals surface area contributed by atoms with Gasteiger partial charge in [0.25, 0.3) is 0 Å². The second kappa shape index (κ2) is 2.34. The molecule has 0 saturated heterocycles. The van der Waals surface area contributed by atoms with Crippen molar-refractivity contribution in [1.29, 1.82) is 0 Å². The lowest BCUT2D eigenvalue weighted by Gasteiger charge is -1.99. The number of benzene rings is 1. The summed E-state index contributed by atoms with van der Waals surface area (Å²) in [5.41, 5.74) is 1.94. The van der Waals surface area contributed by atoms with Crippen molar-refractivity contribution in [2.24, 2.45) is 7.05 Å². The highest BCUT2D eigenvalue weighted by molar-refractivity contribution is 5.83. The van der Waals surface area contributed by atoms with E-state index in [1.807, 2.05) is 30.8 Å². The number of fused-ring (bicyclic) bond motifs is 1. The number of hydrogen-bond acceptors (Lipinski definition) is 0. The van der Waals surface area contributed by atoms with E-state index in [2.05, 4.69) is 0 Å². The molecule has 2 rings (SSSR count). The summed E-state index contributed by atoms with van der Waals surface area (Å²) < 4.78 is 14.9. The number of halogens is 1. The minimum Gasteiger partial charge on any atom is -0.350 e. The van der Waals surface area contributed by atoms with Crippen LogP contribution >= 0.6 is 0 Å². The molecule has 2 heteroatoms. The van der Waals surface area contributed by atoms with Gasteiger partial charge in [0.1, 0.15) is 5.82 Å². The lowest BCUT2D eigenvalue weighted by atomic mass is 10.1. The van der Waals surface area contributed by atoms with Gasteiger partial charge in [-0.3, -0.25) is 0 Å². The van der Waals surface area contributed by atoms with Crippen LogP contribution in [0.5, 0.6) is 0 Å². The van der Waals surface area contributed by atoms with Crippen LogP contribution in [-0.2, 0) is 7.05 Å². The molecule has 0 bridgehead atoms. The quantitative estimate of drug-likeness (QED) is 0.562. The molecular formula is C10H10FN. The molecular weight excluding hydrogens is 153 g/mol. The number of rotatable bonds is 0. The molecule has 0 radical (unpaired) electrons. The van der Waals surface area contributed by atoms with Gasteiger partial charge in [-0.15, -0.1) is 0 Å². The molecule has 1 aromatic carbocycles. The number of nitrogens with zero attached hydrogens (tertiary/aromatic N) is 1. The lowest BCUT2D eigenvalue weighted by Crippen LogP contribution is -1.86. The highest BCUT2D eigenvalue weighted by Gasteiger charge is 2.02. The van der Waals surface area contributed by atoms with Gasteiger partial charge in [-0.25, -0.2) is 4.39 Å². The van der Waals surface area contributed by atoms with E-state index in [-0.39, 0.29) is 5.82 Å². The number of aryl methyl sites for hydroxylation is 2. The topological polar surface area (TPSA) is 4.93 Å². The van der Waals surface area contributed by atoms with Gasteiger partial charge >= 0.3 is 0 Å². The monoisotopic (exact) mass is 163 g/mol. The zero-order chi connectivity index (χ0) is 8.72. The molecule has 2 aromatic rings. The molecule has 12 heavy (non-hydrogen) atoms. The molecule has 0 amide bonds. The second-order valence-electron chi connectivity index (χ2n) is 3.08. The van der Waals surface area contributed by atoms with Crippen LogP contribution in [0, 0.1) is 12.7 Å². The molecule has 1 aromatic heterocycles. The van der Waals surface area contributed by atoms with Gasteiger partial charge < -0.3 is 4.57 Å². The fraction of sp³-hybridized carbons (Fsp3) is 0.200. The third kappa shape index (κ3) is 0.916. The van der Waals surface area contributed by atoms with Crippen molar-refractivity contribution < 1.29 is 4.39 Å².